The van der Waals surface area contributed by atoms with E-state index < -0.39 is 0 Å². The maximum Gasteiger partial charge on any atom is 0.140 e. The first-order valence-electron chi connectivity index (χ1n) is 5.65. The lowest BCUT2D eigenvalue weighted by atomic mass is 10.1. The van der Waals surface area contributed by atoms with E-state index >= 15 is 0 Å². The zero-order valence-corrected chi connectivity index (χ0v) is 12.2. The quantitative estimate of drug-likeness (QED) is 0.779. The van der Waals surface area contributed by atoms with Gasteiger partial charge in [-0.15, -0.1) is 0 Å². The number of aromatic nitrogens is 3. The summed E-state index contributed by atoms with van der Waals surface area (Å²) >= 11 is 9.43. The zero-order chi connectivity index (χ0) is 13.4. The highest BCUT2D eigenvalue weighted by molar-refractivity contribution is 9.10. The molecular weight excluding hydrogens is 328 g/mol. The Hall–Kier alpha value is -1.59. The van der Waals surface area contributed by atoms with Crippen LogP contribution >= 0.6 is 27.5 Å². The molecule has 0 spiro atoms. The van der Waals surface area contributed by atoms with Crippen molar-refractivity contribution in [3.63, 3.8) is 0 Å². The zero-order valence-electron chi connectivity index (χ0n) is 9.85. The van der Waals surface area contributed by atoms with E-state index in [4.69, 9.17) is 17.3 Å². The molecular formula is C13H10BrClN4. The van der Waals surface area contributed by atoms with Crippen LogP contribution in [0.15, 0.2) is 41.1 Å². The van der Waals surface area contributed by atoms with Gasteiger partial charge in [-0.25, -0.2) is 4.68 Å². The van der Waals surface area contributed by atoms with Crippen LogP contribution in [0.25, 0.3) is 10.9 Å². The number of rotatable bonds is 2. The molecule has 2 heterocycles. The third kappa shape index (κ3) is 2.19. The number of nitrogen functional groups attached to an aromatic ring is 1. The first-order valence-corrected chi connectivity index (χ1v) is 6.83. The second kappa shape index (κ2) is 4.83. The van der Waals surface area contributed by atoms with Gasteiger partial charge in [0.05, 0.1) is 18.3 Å². The van der Waals surface area contributed by atoms with Gasteiger partial charge in [0.25, 0.3) is 0 Å². The summed E-state index contributed by atoms with van der Waals surface area (Å²) in [6, 6.07) is 7.94. The molecule has 2 N–H and O–H groups in total. The van der Waals surface area contributed by atoms with Gasteiger partial charge in [0, 0.05) is 16.1 Å². The van der Waals surface area contributed by atoms with Crippen LogP contribution in [0.3, 0.4) is 0 Å². The second-order valence-electron chi connectivity index (χ2n) is 4.14. The molecule has 0 atom stereocenters. The van der Waals surface area contributed by atoms with Crippen LogP contribution in [0.4, 0.5) is 5.82 Å². The van der Waals surface area contributed by atoms with Gasteiger partial charge in [-0.1, -0.05) is 39.7 Å². The first kappa shape index (κ1) is 12.4. The summed E-state index contributed by atoms with van der Waals surface area (Å²) in [6.45, 7) is 0.541. The SMILES string of the molecule is Nc1c(Cl)cnn1Cc1ccc(Br)c2cccnc12. The Kier molecular flexibility index (Phi) is 3.16. The van der Waals surface area contributed by atoms with E-state index in [1.165, 1.54) is 0 Å². The Labute approximate surface area is 123 Å². The Bertz CT molecular complexity index is 753. The molecule has 0 bridgehead atoms. The normalized spacial score (nSPS) is 11.1. The van der Waals surface area contributed by atoms with E-state index in [1.807, 2.05) is 24.3 Å². The molecule has 0 unspecified atom stereocenters. The number of fused-ring (bicyclic) bond motifs is 1. The van der Waals surface area contributed by atoms with Gasteiger partial charge in [-0.05, 0) is 17.7 Å². The molecule has 0 radical (unpaired) electrons. The van der Waals surface area contributed by atoms with E-state index in [9.17, 15) is 0 Å². The summed E-state index contributed by atoms with van der Waals surface area (Å²) in [4.78, 5) is 4.43. The van der Waals surface area contributed by atoms with Crippen LogP contribution in [0, 0.1) is 0 Å². The molecule has 6 heteroatoms. The number of nitrogens with zero attached hydrogens (tertiary/aromatic N) is 3. The fourth-order valence-corrected chi connectivity index (χ4v) is 2.58. The molecule has 4 nitrogen and oxygen atoms in total. The maximum absolute atomic E-state index is 5.91. The number of hydrogen-bond donors (Lipinski definition) is 1. The van der Waals surface area contributed by atoms with Crippen molar-refractivity contribution in [2.45, 2.75) is 6.54 Å². The average Bonchev–Trinajstić information content (AvgIpc) is 2.74. The fraction of sp³-hybridized carbons (Fsp3) is 0.0769. The molecule has 2 aromatic heterocycles. The molecule has 1 aromatic carbocycles. The summed E-state index contributed by atoms with van der Waals surface area (Å²) in [7, 11) is 0. The Morgan fingerprint density at radius 2 is 2.16 bits per heavy atom. The Balaban J connectivity index is 2.11. The van der Waals surface area contributed by atoms with Crippen LogP contribution in [0.5, 0.6) is 0 Å². The number of nitrogens with two attached hydrogens (primary N) is 1. The minimum Gasteiger partial charge on any atom is -0.383 e. The number of benzene rings is 1. The number of halogens is 2. The van der Waals surface area contributed by atoms with Crippen LogP contribution in [-0.2, 0) is 6.54 Å². The molecule has 0 fully saturated rings. The van der Waals surface area contributed by atoms with Crippen molar-refractivity contribution in [2.75, 3.05) is 5.73 Å². The number of pyridine rings is 1. The molecule has 19 heavy (non-hydrogen) atoms. The van der Waals surface area contributed by atoms with E-state index in [0.717, 1.165) is 20.9 Å². The van der Waals surface area contributed by atoms with E-state index in [0.29, 0.717) is 17.4 Å². The fourth-order valence-electron chi connectivity index (χ4n) is 1.98. The first-order chi connectivity index (χ1) is 9.16. The summed E-state index contributed by atoms with van der Waals surface area (Å²) in [6.07, 6.45) is 3.32. The van der Waals surface area contributed by atoms with Gasteiger partial charge < -0.3 is 5.73 Å². The van der Waals surface area contributed by atoms with Crippen molar-refractivity contribution in [1.29, 1.82) is 0 Å². The minimum atomic E-state index is 0.466. The summed E-state index contributed by atoms with van der Waals surface area (Å²) in [5.41, 5.74) is 7.84. The largest absolute Gasteiger partial charge is 0.383 e. The highest BCUT2D eigenvalue weighted by Crippen LogP contribution is 2.26. The molecule has 3 aromatic rings. The second-order valence-corrected chi connectivity index (χ2v) is 5.40. The maximum atomic E-state index is 5.91. The average molecular weight is 338 g/mol. The lowest BCUT2D eigenvalue weighted by Crippen LogP contribution is -2.06. The van der Waals surface area contributed by atoms with Crippen molar-refractivity contribution in [2.24, 2.45) is 0 Å². The lowest BCUT2D eigenvalue weighted by molar-refractivity contribution is 0.699. The van der Waals surface area contributed by atoms with Crippen LogP contribution in [-0.4, -0.2) is 14.8 Å². The molecule has 3 rings (SSSR count). The third-order valence-electron chi connectivity index (χ3n) is 2.95. The molecule has 96 valence electrons. The minimum absolute atomic E-state index is 0.466. The molecule has 0 saturated heterocycles. The van der Waals surface area contributed by atoms with Crippen molar-refractivity contribution >= 4 is 44.3 Å². The van der Waals surface area contributed by atoms with Crippen molar-refractivity contribution < 1.29 is 0 Å². The van der Waals surface area contributed by atoms with Gasteiger partial charge in [0.1, 0.15) is 10.8 Å². The molecule has 0 aliphatic rings. The lowest BCUT2D eigenvalue weighted by Gasteiger charge is -2.08. The van der Waals surface area contributed by atoms with Crippen molar-refractivity contribution in [1.82, 2.24) is 14.8 Å². The van der Waals surface area contributed by atoms with E-state index in [2.05, 4.69) is 26.0 Å². The van der Waals surface area contributed by atoms with Gasteiger partial charge in [-0.3, -0.25) is 4.98 Å². The van der Waals surface area contributed by atoms with Gasteiger partial charge in [0.2, 0.25) is 0 Å². The van der Waals surface area contributed by atoms with Crippen molar-refractivity contribution in [3.8, 4) is 0 Å². The van der Waals surface area contributed by atoms with E-state index in [1.54, 1.807) is 17.1 Å². The standard InChI is InChI=1S/C13H10BrClN4/c14-10-4-3-8(12-9(10)2-1-5-17-12)7-19-13(16)11(15)6-18-19/h1-6H,7,16H2. The predicted octanol–water partition coefficient (Wildman–Crippen LogP) is 3.48. The molecule has 0 saturated carbocycles. The molecule has 0 aliphatic carbocycles. The number of anilines is 1. The van der Waals surface area contributed by atoms with E-state index in [-0.39, 0.29) is 0 Å². The van der Waals surface area contributed by atoms with Crippen molar-refractivity contribution in [3.05, 3.63) is 51.7 Å². The summed E-state index contributed by atoms with van der Waals surface area (Å²) in [5.74, 6) is 0.466. The van der Waals surface area contributed by atoms with Crippen LogP contribution in [0.1, 0.15) is 5.56 Å². The topological polar surface area (TPSA) is 56.7 Å². The number of hydrogen-bond acceptors (Lipinski definition) is 3. The summed E-state index contributed by atoms with van der Waals surface area (Å²) in [5, 5.41) is 5.69. The highest BCUT2D eigenvalue weighted by Gasteiger charge is 2.09. The van der Waals surface area contributed by atoms with Crippen LogP contribution in [0.2, 0.25) is 5.02 Å². The Morgan fingerprint density at radius 3 is 2.89 bits per heavy atom. The van der Waals surface area contributed by atoms with Gasteiger partial charge >= 0.3 is 0 Å². The summed E-state index contributed by atoms with van der Waals surface area (Å²) < 4.78 is 2.69. The van der Waals surface area contributed by atoms with Crippen LogP contribution < -0.4 is 5.73 Å². The molecule has 0 aliphatic heterocycles. The van der Waals surface area contributed by atoms with Gasteiger partial charge in [-0.2, -0.15) is 5.10 Å². The molecule has 0 amide bonds. The third-order valence-corrected chi connectivity index (χ3v) is 3.94. The van der Waals surface area contributed by atoms with Gasteiger partial charge in [0.15, 0.2) is 0 Å². The Morgan fingerprint density at radius 1 is 1.32 bits per heavy atom. The smallest absolute Gasteiger partial charge is 0.140 e. The highest BCUT2D eigenvalue weighted by atomic mass is 79.9. The predicted molar refractivity (Wildman–Crippen MR) is 80.2 cm³/mol. The monoisotopic (exact) mass is 336 g/mol.